The summed E-state index contributed by atoms with van der Waals surface area (Å²) in [6.07, 6.45) is 4.96. The fourth-order valence-electron chi connectivity index (χ4n) is 4.06. The van der Waals surface area contributed by atoms with E-state index in [4.69, 9.17) is 11.6 Å². The molecule has 0 bridgehead atoms. The van der Waals surface area contributed by atoms with Gasteiger partial charge >= 0.3 is 0 Å². The second-order valence-corrected chi connectivity index (χ2v) is 8.42. The van der Waals surface area contributed by atoms with Crippen molar-refractivity contribution in [3.8, 4) is 0 Å². The van der Waals surface area contributed by atoms with E-state index in [0.717, 1.165) is 38.9 Å². The Hall–Kier alpha value is -2.83. The van der Waals surface area contributed by atoms with E-state index in [2.05, 4.69) is 44.9 Å². The largest absolute Gasteiger partial charge is 0.361 e. The Morgan fingerprint density at radius 1 is 1.06 bits per heavy atom. The van der Waals surface area contributed by atoms with Crippen LogP contribution in [0.3, 0.4) is 0 Å². The molecule has 2 heterocycles. The quantitative estimate of drug-likeness (QED) is 0.529. The number of nitrogens with zero attached hydrogens (tertiary/aromatic N) is 1. The number of nitrogens with one attached hydrogen (secondary N) is 3. The van der Waals surface area contributed by atoms with Gasteiger partial charge in [0.15, 0.2) is 0 Å². The van der Waals surface area contributed by atoms with E-state index in [1.165, 1.54) is 16.5 Å². The molecule has 0 radical (unpaired) electrons. The Morgan fingerprint density at radius 2 is 1.81 bits per heavy atom. The Bertz CT molecular complexity index is 1040. The van der Waals surface area contributed by atoms with Crippen LogP contribution in [0.1, 0.15) is 28.8 Å². The Balaban J connectivity index is 1.16. The maximum absolute atomic E-state index is 12.2. The highest BCUT2D eigenvalue weighted by molar-refractivity contribution is 6.30. The summed E-state index contributed by atoms with van der Waals surface area (Å²) in [7, 11) is 0. The molecule has 0 aliphatic carbocycles. The molecule has 0 spiro atoms. The van der Waals surface area contributed by atoms with Crippen LogP contribution in [0, 0.1) is 0 Å². The Kier molecular flexibility index (Phi) is 6.89. The van der Waals surface area contributed by atoms with Crippen molar-refractivity contribution >= 4 is 34.3 Å². The highest BCUT2D eigenvalue weighted by atomic mass is 35.5. The predicted octanol–water partition coefficient (Wildman–Crippen LogP) is 3.37. The number of aromatic amines is 1. The van der Waals surface area contributed by atoms with Gasteiger partial charge in [-0.2, -0.15) is 0 Å². The average Bonchev–Trinajstić information content (AvgIpc) is 3.21. The van der Waals surface area contributed by atoms with E-state index in [0.29, 0.717) is 10.6 Å². The molecule has 1 aliphatic rings. The SMILES string of the molecule is O=C(CNC(=O)c1ccc(Cl)cc1)NC1CCN(CCc2c[nH]c3ccccc23)CC1. The van der Waals surface area contributed by atoms with E-state index in [9.17, 15) is 9.59 Å². The van der Waals surface area contributed by atoms with Gasteiger partial charge in [0.05, 0.1) is 6.54 Å². The van der Waals surface area contributed by atoms with Crippen LogP contribution in [0.4, 0.5) is 0 Å². The fourth-order valence-corrected chi connectivity index (χ4v) is 4.19. The number of hydrogen-bond acceptors (Lipinski definition) is 3. The van der Waals surface area contributed by atoms with Gasteiger partial charge in [0, 0.05) is 53.4 Å². The summed E-state index contributed by atoms with van der Waals surface area (Å²) in [5, 5.41) is 7.57. The van der Waals surface area contributed by atoms with Gasteiger partial charge in [-0.05, 0) is 55.2 Å². The summed E-state index contributed by atoms with van der Waals surface area (Å²) in [6.45, 7) is 2.91. The number of carbonyl (C=O) groups is 2. The van der Waals surface area contributed by atoms with Crippen molar-refractivity contribution in [3.63, 3.8) is 0 Å². The smallest absolute Gasteiger partial charge is 0.251 e. The zero-order valence-electron chi connectivity index (χ0n) is 17.4. The van der Waals surface area contributed by atoms with Gasteiger partial charge in [0.25, 0.3) is 5.91 Å². The number of amides is 2. The van der Waals surface area contributed by atoms with Crippen molar-refractivity contribution in [2.24, 2.45) is 0 Å². The summed E-state index contributed by atoms with van der Waals surface area (Å²) in [6, 6.07) is 15.1. The average molecular weight is 439 g/mol. The second-order valence-electron chi connectivity index (χ2n) is 7.98. The monoisotopic (exact) mass is 438 g/mol. The first-order valence-corrected chi connectivity index (χ1v) is 11.1. The molecule has 0 saturated carbocycles. The van der Waals surface area contributed by atoms with Gasteiger partial charge in [0.2, 0.25) is 5.91 Å². The molecular weight excluding hydrogens is 412 g/mol. The van der Waals surface area contributed by atoms with Crippen LogP contribution in [0.15, 0.2) is 54.7 Å². The number of H-pyrrole nitrogens is 1. The number of aromatic nitrogens is 1. The third-order valence-electron chi connectivity index (χ3n) is 5.84. The molecule has 1 fully saturated rings. The zero-order valence-corrected chi connectivity index (χ0v) is 18.1. The Morgan fingerprint density at radius 3 is 2.58 bits per heavy atom. The van der Waals surface area contributed by atoms with Crippen LogP contribution in [0.5, 0.6) is 0 Å². The maximum atomic E-state index is 12.2. The number of likely N-dealkylation sites (tertiary alicyclic amines) is 1. The van der Waals surface area contributed by atoms with E-state index in [1.807, 2.05) is 6.07 Å². The number of halogens is 1. The number of carbonyl (C=O) groups excluding carboxylic acids is 2. The lowest BCUT2D eigenvalue weighted by Crippen LogP contribution is -2.47. The summed E-state index contributed by atoms with van der Waals surface area (Å²) >= 11 is 5.83. The molecule has 4 rings (SSSR count). The highest BCUT2D eigenvalue weighted by Crippen LogP contribution is 2.19. The minimum atomic E-state index is -0.279. The predicted molar refractivity (Wildman–Crippen MR) is 123 cm³/mol. The van der Waals surface area contributed by atoms with Crippen molar-refractivity contribution in [1.82, 2.24) is 20.5 Å². The molecule has 1 saturated heterocycles. The van der Waals surface area contributed by atoms with Crippen LogP contribution in [-0.2, 0) is 11.2 Å². The van der Waals surface area contributed by atoms with E-state index in [1.54, 1.807) is 24.3 Å². The van der Waals surface area contributed by atoms with Gasteiger partial charge in [-0.1, -0.05) is 29.8 Å². The molecule has 6 nitrogen and oxygen atoms in total. The number of rotatable bonds is 7. The van der Waals surface area contributed by atoms with Crippen molar-refractivity contribution in [1.29, 1.82) is 0 Å². The summed E-state index contributed by atoms with van der Waals surface area (Å²) in [5.41, 5.74) is 3.02. The number of para-hydroxylation sites is 1. The molecule has 1 aromatic heterocycles. The van der Waals surface area contributed by atoms with Crippen LogP contribution in [0.2, 0.25) is 5.02 Å². The molecule has 2 amide bonds. The molecule has 2 aromatic carbocycles. The van der Waals surface area contributed by atoms with Crippen molar-refractivity contribution in [2.75, 3.05) is 26.2 Å². The fraction of sp³-hybridized carbons (Fsp3) is 0.333. The first-order valence-electron chi connectivity index (χ1n) is 10.7. The molecule has 1 aliphatic heterocycles. The minimum Gasteiger partial charge on any atom is -0.361 e. The standard InChI is InChI=1S/C24H27ClN4O2/c25-19-7-5-17(6-8-19)24(31)27-16-23(30)28-20-10-13-29(14-11-20)12-9-18-15-26-22-4-2-1-3-21(18)22/h1-8,15,20,26H,9-14,16H2,(H,27,31)(H,28,30). The van der Waals surface area contributed by atoms with Crippen LogP contribution in [-0.4, -0.2) is 53.9 Å². The molecule has 3 aromatic rings. The van der Waals surface area contributed by atoms with Gasteiger partial charge in [0.1, 0.15) is 0 Å². The minimum absolute atomic E-state index is 0.0256. The maximum Gasteiger partial charge on any atom is 0.251 e. The topological polar surface area (TPSA) is 77.2 Å². The van der Waals surface area contributed by atoms with Crippen molar-refractivity contribution in [2.45, 2.75) is 25.3 Å². The zero-order chi connectivity index (χ0) is 21.6. The Labute approximate surface area is 187 Å². The molecule has 0 atom stereocenters. The van der Waals surface area contributed by atoms with E-state index >= 15 is 0 Å². The molecule has 3 N–H and O–H groups in total. The van der Waals surface area contributed by atoms with Crippen LogP contribution in [0.25, 0.3) is 10.9 Å². The van der Waals surface area contributed by atoms with Crippen LogP contribution >= 0.6 is 11.6 Å². The van der Waals surface area contributed by atoms with Gasteiger partial charge in [-0.25, -0.2) is 0 Å². The number of piperidine rings is 1. The van der Waals surface area contributed by atoms with Crippen molar-refractivity contribution in [3.05, 3.63) is 70.9 Å². The molecule has 7 heteroatoms. The van der Waals surface area contributed by atoms with E-state index < -0.39 is 0 Å². The van der Waals surface area contributed by atoms with Gasteiger partial charge < -0.3 is 20.5 Å². The second kappa shape index (κ2) is 9.98. The number of benzene rings is 2. The summed E-state index contributed by atoms with van der Waals surface area (Å²) in [4.78, 5) is 30.1. The first kappa shape index (κ1) is 21.4. The van der Waals surface area contributed by atoms with E-state index in [-0.39, 0.29) is 24.4 Å². The van der Waals surface area contributed by atoms with Gasteiger partial charge in [-0.3, -0.25) is 9.59 Å². The number of fused-ring (bicyclic) bond motifs is 1. The molecule has 162 valence electrons. The number of hydrogen-bond donors (Lipinski definition) is 3. The van der Waals surface area contributed by atoms with Crippen molar-refractivity contribution < 1.29 is 9.59 Å². The lowest BCUT2D eigenvalue weighted by atomic mass is 10.0. The summed E-state index contributed by atoms with van der Waals surface area (Å²) < 4.78 is 0. The van der Waals surface area contributed by atoms with Crippen LogP contribution < -0.4 is 10.6 Å². The lowest BCUT2D eigenvalue weighted by molar-refractivity contribution is -0.121. The summed E-state index contributed by atoms with van der Waals surface area (Å²) in [5.74, 6) is -0.432. The van der Waals surface area contributed by atoms with Gasteiger partial charge in [-0.15, -0.1) is 0 Å². The normalized spacial score (nSPS) is 15.1. The third-order valence-corrected chi connectivity index (χ3v) is 6.09. The lowest BCUT2D eigenvalue weighted by Gasteiger charge is -2.32. The molecule has 31 heavy (non-hydrogen) atoms. The molecule has 0 unspecified atom stereocenters. The molecular formula is C24H27ClN4O2. The first-order chi connectivity index (χ1) is 15.1. The highest BCUT2D eigenvalue weighted by Gasteiger charge is 2.21. The third kappa shape index (κ3) is 5.66.